The summed E-state index contributed by atoms with van der Waals surface area (Å²) in [4.78, 5) is 17.6. The van der Waals surface area contributed by atoms with Gasteiger partial charge in [0.2, 0.25) is 0 Å². The number of hydrogen-bond acceptors (Lipinski definition) is 2. The smallest absolute Gasteiger partial charge is 0.170 e. The first kappa shape index (κ1) is 9.65. The van der Waals surface area contributed by atoms with Crippen molar-refractivity contribution in [2.24, 2.45) is 0 Å². The van der Waals surface area contributed by atoms with Gasteiger partial charge in [0.25, 0.3) is 0 Å². The van der Waals surface area contributed by atoms with E-state index in [-0.39, 0.29) is 0 Å². The SMILES string of the molecule is Cc1cc(C)cc(-c2nc(C=O)c[nH]2)c1. The highest BCUT2D eigenvalue weighted by Gasteiger charge is 2.04. The molecule has 1 N–H and O–H groups in total. The second-order valence-electron chi connectivity index (χ2n) is 3.67. The summed E-state index contributed by atoms with van der Waals surface area (Å²) >= 11 is 0. The van der Waals surface area contributed by atoms with Gasteiger partial charge in [-0.15, -0.1) is 0 Å². The van der Waals surface area contributed by atoms with E-state index in [1.54, 1.807) is 6.20 Å². The van der Waals surface area contributed by atoms with Gasteiger partial charge in [-0.2, -0.15) is 0 Å². The van der Waals surface area contributed by atoms with Crippen molar-refractivity contribution in [1.29, 1.82) is 0 Å². The van der Waals surface area contributed by atoms with Gasteiger partial charge in [0.15, 0.2) is 6.29 Å². The van der Waals surface area contributed by atoms with Crippen LogP contribution < -0.4 is 0 Å². The molecule has 0 saturated carbocycles. The molecular formula is C12H12N2O. The van der Waals surface area contributed by atoms with Crippen molar-refractivity contribution < 1.29 is 4.79 Å². The maximum atomic E-state index is 10.5. The van der Waals surface area contributed by atoms with Gasteiger partial charge >= 0.3 is 0 Å². The van der Waals surface area contributed by atoms with Crippen LogP contribution in [0.25, 0.3) is 11.4 Å². The monoisotopic (exact) mass is 200 g/mol. The molecule has 3 nitrogen and oxygen atoms in total. The van der Waals surface area contributed by atoms with Crippen LogP contribution in [0.4, 0.5) is 0 Å². The zero-order valence-corrected chi connectivity index (χ0v) is 8.74. The average Bonchev–Trinajstić information content (AvgIpc) is 2.64. The molecule has 0 amide bonds. The van der Waals surface area contributed by atoms with Crippen LogP contribution in [0.3, 0.4) is 0 Å². The lowest BCUT2D eigenvalue weighted by atomic mass is 10.1. The molecule has 0 aliphatic carbocycles. The van der Waals surface area contributed by atoms with E-state index in [0.717, 1.165) is 17.7 Å². The van der Waals surface area contributed by atoms with Gasteiger partial charge in [-0.05, 0) is 26.0 Å². The third-order valence-corrected chi connectivity index (χ3v) is 2.21. The normalized spacial score (nSPS) is 10.3. The molecule has 0 fully saturated rings. The van der Waals surface area contributed by atoms with Crippen molar-refractivity contribution in [2.45, 2.75) is 13.8 Å². The zero-order chi connectivity index (χ0) is 10.8. The summed E-state index contributed by atoms with van der Waals surface area (Å²) in [5.74, 6) is 0.740. The minimum atomic E-state index is 0.434. The average molecular weight is 200 g/mol. The highest BCUT2D eigenvalue weighted by Crippen LogP contribution is 2.18. The Labute approximate surface area is 88.2 Å². The lowest BCUT2D eigenvalue weighted by Crippen LogP contribution is -1.85. The third kappa shape index (κ3) is 1.96. The predicted octanol–water partition coefficient (Wildman–Crippen LogP) is 2.51. The first-order valence-electron chi connectivity index (χ1n) is 4.78. The number of hydrogen-bond donors (Lipinski definition) is 1. The first-order chi connectivity index (χ1) is 7.19. The number of rotatable bonds is 2. The molecule has 1 aromatic heterocycles. The van der Waals surface area contributed by atoms with Gasteiger partial charge in [0.05, 0.1) is 0 Å². The summed E-state index contributed by atoms with van der Waals surface area (Å²) in [7, 11) is 0. The minimum Gasteiger partial charge on any atom is -0.344 e. The molecular weight excluding hydrogens is 188 g/mol. The van der Waals surface area contributed by atoms with Crippen molar-refractivity contribution in [3.05, 3.63) is 41.2 Å². The van der Waals surface area contributed by atoms with Crippen LogP contribution >= 0.6 is 0 Å². The number of benzene rings is 1. The maximum Gasteiger partial charge on any atom is 0.170 e. The predicted molar refractivity (Wildman–Crippen MR) is 58.9 cm³/mol. The summed E-state index contributed by atoms with van der Waals surface area (Å²) in [6, 6.07) is 6.19. The Morgan fingerprint density at radius 3 is 2.40 bits per heavy atom. The number of aromatic nitrogens is 2. The highest BCUT2D eigenvalue weighted by molar-refractivity contribution is 5.73. The lowest BCUT2D eigenvalue weighted by Gasteiger charge is -2.01. The van der Waals surface area contributed by atoms with Gasteiger partial charge < -0.3 is 4.98 Å². The van der Waals surface area contributed by atoms with Crippen LogP contribution in [0.15, 0.2) is 24.4 Å². The fourth-order valence-electron chi connectivity index (χ4n) is 1.66. The zero-order valence-electron chi connectivity index (χ0n) is 8.74. The second kappa shape index (κ2) is 3.69. The quantitative estimate of drug-likeness (QED) is 0.757. The Balaban J connectivity index is 2.48. The lowest BCUT2D eigenvalue weighted by molar-refractivity contribution is 0.111. The molecule has 0 unspecified atom stereocenters. The van der Waals surface area contributed by atoms with E-state index < -0.39 is 0 Å². The van der Waals surface area contributed by atoms with E-state index in [4.69, 9.17) is 0 Å². The highest BCUT2D eigenvalue weighted by atomic mass is 16.1. The molecule has 0 radical (unpaired) electrons. The molecule has 0 aliphatic rings. The number of aryl methyl sites for hydroxylation is 2. The molecule has 0 aliphatic heterocycles. The molecule has 0 saturated heterocycles. The Hall–Kier alpha value is -1.90. The van der Waals surface area contributed by atoms with Gasteiger partial charge in [-0.3, -0.25) is 4.79 Å². The molecule has 1 heterocycles. The van der Waals surface area contributed by atoms with E-state index in [9.17, 15) is 4.79 Å². The fraction of sp³-hybridized carbons (Fsp3) is 0.167. The Morgan fingerprint density at radius 1 is 1.20 bits per heavy atom. The molecule has 2 rings (SSSR count). The largest absolute Gasteiger partial charge is 0.344 e. The van der Waals surface area contributed by atoms with Gasteiger partial charge in [0.1, 0.15) is 11.5 Å². The first-order valence-corrected chi connectivity index (χ1v) is 4.78. The van der Waals surface area contributed by atoms with Gasteiger partial charge in [-0.1, -0.05) is 17.2 Å². The fourth-order valence-corrected chi connectivity index (χ4v) is 1.66. The number of imidazole rings is 1. The second-order valence-corrected chi connectivity index (χ2v) is 3.67. The Morgan fingerprint density at radius 2 is 1.87 bits per heavy atom. The van der Waals surface area contributed by atoms with Crippen LogP contribution in [-0.2, 0) is 0 Å². The standard InChI is InChI=1S/C12H12N2O/c1-8-3-9(2)5-10(4-8)12-13-6-11(7-15)14-12/h3-7H,1-2H3,(H,13,14). The number of carbonyl (C=O) groups is 1. The molecule has 76 valence electrons. The topological polar surface area (TPSA) is 45.8 Å². The number of carbonyl (C=O) groups excluding carboxylic acids is 1. The number of aromatic amines is 1. The van der Waals surface area contributed by atoms with E-state index in [1.807, 2.05) is 26.0 Å². The minimum absolute atomic E-state index is 0.434. The summed E-state index contributed by atoms with van der Waals surface area (Å²) < 4.78 is 0. The Bertz CT molecular complexity index is 480. The number of nitrogens with zero attached hydrogens (tertiary/aromatic N) is 1. The molecule has 3 heteroatoms. The van der Waals surface area contributed by atoms with Crippen LogP contribution in [0.2, 0.25) is 0 Å². The van der Waals surface area contributed by atoms with Crippen molar-refractivity contribution in [3.8, 4) is 11.4 Å². The van der Waals surface area contributed by atoms with E-state index >= 15 is 0 Å². The van der Waals surface area contributed by atoms with Gasteiger partial charge in [0, 0.05) is 11.8 Å². The number of aldehydes is 1. The number of H-pyrrole nitrogens is 1. The van der Waals surface area contributed by atoms with E-state index in [1.165, 1.54) is 11.1 Å². The van der Waals surface area contributed by atoms with Crippen molar-refractivity contribution >= 4 is 6.29 Å². The molecule has 0 spiro atoms. The van der Waals surface area contributed by atoms with Crippen molar-refractivity contribution in [2.75, 3.05) is 0 Å². The van der Waals surface area contributed by atoms with Crippen molar-refractivity contribution in [3.63, 3.8) is 0 Å². The molecule has 0 atom stereocenters. The Kier molecular flexibility index (Phi) is 2.37. The van der Waals surface area contributed by atoms with Crippen molar-refractivity contribution in [1.82, 2.24) is 9.97 Å². The third-order valence-electron chi connectivity index (χ3n) is 2.21. The van der Waals surface area contributed by atoms with Crippen LogP contribution in [0, 0.1) is 13.8 Å². The van der Waals surface area contributed by atoms with E-state index in [0.29, 0.717) is 5.69 Å². The van der Waals surface area contributed by atoms with Crippen LogP contribution in [0.5, 0.6) is 0 Å². The molecule has 1 aromatic carbocycles. The molecule has 0 bridgehead atoms. The number of nitrogens with one attached hydrogen (secondary N) is 1. The van der Waals surface area contributed by atoms with Crippen LogP contribution in [0.1, 0.15) is 21.6 Å². The summed E-state index contributed by atoms with van der Waals surface area (Å²) in [5, 5.41) is 0. The summed E-state index contributed by atoms with van der Waals surface area (Å²) in [5.41, 5.74) is 3.83. The van der Waals surface area contributed by atoms with Gasteiger partial charge in [-0.25, -0.2) is 4.98 Å². The van der Waals surface area contributed by atoms with Crippen LogP contribution in [-0.4, -0.2) is 16.3 Å². The summed E-state index contributed by atoms with van der Waals surface area (Å²) in [6.07, 6.45) is 2.35. The maximum absolute atomic E-state index is 10.5. The molecule has 15 heavy (non-hydrogen) atoms. The molecule has 2 aromatic rings. The summed E-state index contributed by atoms with van der Waals surface area (Å²) in [6.45, 7) is 4.08. The van der Waals surface area contributed by atoms with E-state index in [2.05, 4.69) is 16.0 Å².